The van der Waals surface area contributed by atoms with Crippen molar-refractivity contribution in [3.8, 4) is 0 Å². The van der Waals surface area contributed by atoms with Crippen LogP contribution in [0.25, 0.3) is 0 Å². The molecule has 0 amide bonds. The van der Waals surface area contributed by atoms with E-state index in [4.69, 9.17) is 5.11 Å². The molecule has 0 radical (unpaired) electrons. The Morgan fingerprint density at radius 2 is 2.07 bits per heavy atom. The van der Waals surface area contributed by atoms with Gasteiger partial charge in [-0.3, -0.25) is 4.79 Å². The van der Waals surface area contributed by atoms with Gasteiger partial charge in [0.25, 0.3) is 0 Å². The first-order valence-corrected chi connectivity index (χ1v) is 6.51. The molecule has 0 saturated carbocycles. The van der Waals surface area contributed by atoms with Gasteiger partial charge in [-0.25, -0.2) is 0 Å². The predicted octanol–water partition coefficient (Wildman–Crippen LogP) is 3.16. The lowest BCUT2D eigenvalue weighted by atomic mass is 10.2. The second kappa shape index (κ2) is 6.18. The van der Waals surface area contributed by atoms with Crippen LogP contribution in [0.3, 0.4) is 0 Å². The third-order valence-corrected chi connectivity index (χ3v) is 3.98. The Hall–Kier alpha value is -0.480. The van der Waals surface area contributed by atoms with Crippen molar-refractivity contribution >= 4 is 33.7 Å². The monoisotopic (exact) mass is 288 g/mol. The van der Waals surface area contributed by atoms with Gasteiger partial charge in [-0.05, 0) is 18.9 Å². The smallest absolute Gasteiger partial charge is 0.316 e. The van der Waals surface area contributed by atoms with Crippen LogP contribution in [0.4, 0.5) is 0 Å². The molecule has 4 heteroatoms. The molecule has 0 fully saturated rings. The van der Waals surface area contributed by atoms with Crippen molar-refractivity contribution < 1.29 is 9.90 Å². The molecule has 1 N–H and O–H groups in total. The van der Waals surface area contributed by atoms with Gasteiger partial charge in [0.2, 0.25) is 0 Å². The third kappa shape index (κ3) is 4.71. The first kappa shape index (κ1) is 12.6. The fourth-order valence-corrected chi connectivity index (χ4v) is 3.32. The molecule has 0 spiro atoms. The quantitative estimate of drug-likeness (QED) is 0.846. The Bertz CT molecular complexity index is 316. The molecule has 82 valence electrons. The Morgan fingerprint density at radius 1 is 1.47 bits per heavy atom. The first-order valence-electron chi connectivity index (χ1n) is 4.66. The number of hydrogen-bond donors (Lipinski definition) is 1. The molecule has 0 aromatic heterocycles. The number of aliphatic carboxylic acids is 1. The van der Waals surface area contributed by atoms with Gasteiger partial charge in [-0.2, -0.15) is 0 Å². The summed E-state index contributed by atoms with van der Waals surface area (Å²) in [5.74, 6) is -0.766. The summed E-state index contributed by atoms with van der Waals surface area (Å²) in [6.07, 6.45) is 0.836. The van der Waals surface area contributed by atoms with Gasteiger partial charge in [-0.1, -0.05) is 46.3 Å². The summed E-state index contributed by atoms with van der Waals surface area (Å²) in [4.78, 5) is 10.6. The van der Waals surface area contributed by atoms with Crippen molar-refractivity contribution in [2.45, 2.75) is 22.8 Å². The van der Waals surface area contributed by atoms with Crippen LogP contribution in [-0.2, 0) is 11.2 Å². The minimum atomic E-state index is -0.766. The SMILES string of the molecule is CC(SC(Br)Cc1ccccc1)C(=O)O. The minimum Gasteiger partial charge on any atom is -0.480 e. The number of thioether (sulfide) groups is 1. The minimum absolute atomic E-state index is 0.144. The molecule has 0 aliphatic rings. The topological polar surface area (TPSA) is 37.3 Å². The van der Waals surface area contributed by atoms with Crippen LogP contribution < -0.4 is 0 Å². The van der Waals surface area contributed by atoms with Crippen LogP contribution in [0.2, 0.25) is 0 Å². The van der Waals surface area contributed by atoms with Crippen molar-refractivity contribution in [3.63, 3.8) is 0 Å². The summed E-state index contributed by atoms with van der Waals surface area (Å²) >= 11 is 4.90. The van der Waals surface area contributed by atoms with E-state index in [9.17, 15) is 4.79 Å². The normalized spacial score (nSPS) is 14.5. The first-order chi connectivity index (χ1) is 7.09. The number of carboxylic acids is 1. The summed E-state index contributed by atoms with van der Waals surface area (Å²) in [6, 6.07) is 10.0. The molecule has 0 saturated heterocycles. The van der Waals surface area contributed by atoms with Crippen molar-refractivity contribution in [1.29, 1.82) is 0 Å². The number of alkyl halides is 1. The fraction of sp³-hybridized carbons (Fsp3) is 0.364. The second-order valence-electron chi connectivity index (χ2n) is 3.22. The van der Waals surface area contributed by atoms with E-state index in [1.165, 1.54) is 17.3 Å². The molecule has 2 atom stereocenters. The van der Waals surface area contributed by atoms with E-state index in [1.54, 1.807) is 6.92 Å². The lowest BCUT2D eigenvalue weighted by Crippen LogP contribution is -2.15. The number of carboxylic acid groups (broad SMARTS) is 1. The zero-order valence-electron chi connectivity index (χ0n) is 8.39. The molecular weight excluding hydrogens is 276 g/mol. The highest BCUT2D eigenvalue weighted by molar-refractivity contribution is 9.11. The summed E-state index contributed by atoms with van der Waals surface area (Å²) < 4.78 is 0.144. The zero-order valence-corrected chi connectivity index (χ0v) is 10.8. The summed E-state index contributed by atoms with van der Waals surface area (Å²) in [5, 5.41) is 8.38. The van der Waals surface area contributed by atoms with Gasteiger partial charge in [0.05, 0.1) is 4.16 Å². The summed E-state index contributed by atoms with van der Waals surface area (Å²) in [6.45, 7) is 1.70. The maximum Gasteiger partial charge on any atom is 0.316 e. The van der Waals surface area contributed by atoms with E-state index in [0.717, 1.165) is 6.42 Å². The Morgan fingerprint density at radius 3 is 2.60 bits per heavy atom. The van der Waals surface area contributed by atoms with Crippen LogP contribution in [0.15, 0.2) is 30.3 Å². The van der Waals surface area contributed by atoms with Gasteiger partial charge in [-0.15, -0.1) is 11.8 Å². The van der Waals surface area contributed by atoms with E-state index in [2.05, 4.69) is 15.9 Å². The molecule has 2 unspecified atom stereocenters. The van der Waals surface area contributed by atoms with Gasteiger partial charge in [0.1, 0.15) is 5.25 Å². The lowest BCUT2D eigenvalue weighted by Gasteiger charge is -2.12. The highest BCUT2D eigenvalue weighted by Gasteiger charge is 2.16. The van der Waals surface area contributed by atoms with Crippen molar-refractivity contribution in [3.05, 3.63) is 35.9 Å². The Kier molecular flexibility index (Phi) is 5.19. The van der Waals surface area contributed by atoms with Crippen LogP contribution in [-0.4, -0.2) is 20.5 Å². The van der Waals surface area contributed by atoms with Crippen LogP contribution in [0.1, 0.15) is 12.5 Å². The molecule has 1 aromatic rings. The van der Waals surface area contributed by atoms with E-state index in [0.29, 0.717) is 0 Å². The van der Waals surface area contributed by atoms with E-state index >= 15 is 0 Å². The zero-order chi connectivity index (χ0) is 11.3. The average Bonchev–Trinajstić information content (AvgIpc) is 2.18. The Labute approximate surface area is 102 Å². The summed E-state index contributed by atoms with van der Waals surface area (Å²) in [5.41, 5.74) is 1.21. The Balaban J connectivity index is 2.43. The van der Waals surface area contributed by atoms with Crippen molar-refractivity contribution in [1.82, 2.24) is 0 Å². The number of benzene rings is 1. The molecular formula is C11H13BrO2S. The highest BCUT2D eigenvalue weighted by Crippen LogP contribution is 2.26. The largest absolute Gasteiger partial charge is 0.480 e. The van der Waals surface area contributed by atoms with E-state index < -0.39 is 5.97 Å². The molecule has 0 bridgehead atoms. The molecule has 1 rings (SSSR count). The number of rotatable bonds is 5. The van der Waals surface area contributed by atoms with Crippen molar-refractivity contribution in [2.24, 2.45) is 0 Å². The van der Waals surface area contributed by atoms with Gasteiger partial charge in [0, 0.05) is 0 Å². The average molecular weight is 289 g/mol. The van der Waals surface area contributed by atoms with Crippen LogP contribution in [0.5, 0.6) is 0 Å². The van der Waals surface area contributed by atoms with Gasteiger partial charge >= 0.3 is 5.97 Å². The molecule has 0 aliphatic heterocycles. The summed E-state index contributed by atoms with van der Waals surface area (Å²) in [7, 11) is 0. The van der Waals surface area contributed by atoms with Crippen LogP contribution in [0, 0.1) is 0 Å². The highest BCUT2D eigenvalue weighted by atomic mass is 79.9. The van der Waals surface area contributed by atoms with Crippen LogP contribution >= 0.6 is 27.7 Å². The fourth-order valence-electron chi connectivity index (χ4n) is 1.13. The van der Waals surface area contributed by atoms with E-state index in [-0.39, 0.29) is 9.41 Å². The lowest BCUT2D eigenvalue weighted by molar-refractivity contribution is -0.136. The number of halogens is 1. The molecule has 1 aromatic carbocycles. The molecule has 0 heterocycles. The third-order valence-electron chi connectivity index (χ3n) is 1.94. The van der Waals surface area contributed by atoms with E-state index in [1.807, 2.05) is 30.3 Å². The second-order valence-corrected chi connectivity index (χ2v) is 6.48. The molecule has 2 nitrogen and oxygen atoms in total. The van der Waals surface area contributed by atoms with Crippen molar-refractivity contribution in [2.75, 3.05) is 0 Å². The predicted molar refractivity (Wildman–Crippen MR) is 67.5 cm³/mol. The molecule has 0 aliphatic carbocycles. The maximum absolute atomic E-state index is 10.6. The van der Waals surface area contributed by atoms with Gasteiger partial charge in [0.15, 0.2) is 0 Å². The standard InChI is InChI=1S/C11H13BrO2S/c1-8(11(13)14)15-10(12)7-9-5-3-2-4-6-9/h2-6,8,10H,7H2,1H3,(H,13,14). The van der Waals surface area contributed by atoms with Gasteiger partial charge < -0.3 is 5.11 Å². The number of carbonyl (C=O) groups is 1. The number of hydrogen-bond acceptors (Lipinski definition) is 2. The maximum atomic E-state index is 10.6. The molecule has 15 heavy (non-hydrogen) atoms.